The van der Waals surface area contributed by atoms with Gasteiger partial charge in [-0.2, -0.15) is 0 Å². The summed E-state index contributed by atoms with van der Waals surface area (Å²) < 4.78 is 10.6. The number of methoxy groups -OCH3 is 1. The van der Waals surface area contributed by atoms with E-state index < -0.39 is 0 Å². The lowest BCUT2D eigenvalue weighted by atomic mass is 10.0. The molecule has 0 bridgehead atoms. The summed E-state index contributed by atoms with van der Waals surface area (Å²) in [5.74, 6) is 0.784. The van der Waals surface area contributed by atoms with Crippen LogP contribution < -0.4 is 10.1 Å². The lowest BCUT2D eigenvalue weighted by Crippen LogP contribution is -2.50. The number of ether oxygens (including phenoxy) is 2. The molecule has 0 aromatic heterocycles. The fourth-order valence-electron chi connectivity index (χ4n) is 3.49. The number of benzene rings is 1. The maximum absolute atomic E-state index is 12.2. The first-order valence-electron chi connectivity index (χ1n) is 8.72. The third-order valence-electron chi connectivity index (χ3n) is 4.84. The van der Waals surface area contributed by atoms with Crippen LogP contribution >= 0.6 is 0 Å². The molecule has 1 aromatic rings. The Morgan fingerprint density at radius 3 is 2.71 bits per heavy atom. The first-order valence-corrected chi connectivity index (χ1v) is 8.72. The molecule has 2 fully saturated rings. The van der Waals surface area contributed by atoms with Gasteiger partial charge in [0.2, 0.25) is 5.91 Å². The summed E-state index contributed by atoms with van der Waals surface area (Å²) in [7, 11) is 1.62. The van der Waals surface area contributed by atoms with Crippen LogP contribution in [0.2, 0.25) is 0 Å². The number of anilines is 1. The number of hydrogen-bond acceptors (Lipinski definition) is 5. The average Bonchev–Trinajstić information content (AvgIpc) is 2.63. The van der Waals surface area contributed by atoms with E-state index in [9.17, 15) is 4.79 Å². The number of nitrogens with one attached hydrogen (secondary N) is 1. The zero-order chi connectivity index (χ0) is 16.8. The normalized spacial score (nSPS) is 20.7. The van der Waals surface area contributed by atoms with Gasteiger partial charge >= 0.3 is 0 Å². The Labute approximate surface area is 143 Å². The fourth-order valence-corrected chi connectivity index (χ4v) is 3.49. The van der Waals surface area contributed by atoms with Crippen LogP contribution in [-0.2, 0) is 9.53 Å². The van der Waals surface area contributed by atoms with Crippen molar-refractivity contribution in [2.45, 2.75) is 18.9 Å². The first-order chi connectivity index (χ1) is 11.7. The fraction of sp³-hybridized carbons (Fsp3) is 0.611. The molecule has 132 valence electrons. The zero-order valence-corrected chi connectivity index (χ0v) is 14.4. The van der Waals surface area contributed by atoms with E-state index >= 15 is 0 Å². The van der Waals surface area contributed by atoms with E-state index in [0.29, 0.717) is 12.6 Å². The topological polar surface area (TPSA) is 54.0 Å². The molecule has 0 atom stereocenters. The number of carbonyl (C=O) groups excluding carboxylic acids is 1. The number of rotatable bonds is 5. The van der Waals surface area contributed by atoms with Gasteiger partial charge in [0.1, 0.15) is 5.75 Å². The molecular formula is C18H27N3O3. The molecule has 2 heterocycles. The smallest absolute Gasteiger partial charge is 0.238 e. The number of amides is 1. The summed E-state index contributed by atoms with van der Waals surface area (Å²) in [5.41, 5.74) is 0.780. The molecule has 0 radical (unpaired) electrons. The zero-order valence-electron chi connectivity index (χ0n) is 14.4. The molecule has 6 nitrogen and oxygen atoms in total. The van der Waals surface area contributed by atoms with Crippen LogP contribution in [0.5, 0.6) is 5.75 Å². The van der Waals surface area contributed by atoms with E-state index in [-0.39, 0.29) is 5.91 Å². The maximum atomic E-state index is 12.2. The van der Waals surface area contributed by atoms with Crippen LogP contribution in [0, 0.1) is 0 Å². The van der Waals surface area contributed by atoms with Crippen molar-refractivity contribution in [1.29, 1.82) is 0 Å². The van der Waals surface area contributed by atoms with Gasteiger partial charge in [-0.15, -0.1) is 0 Å². The minimum absolute atomic E-state index is 0.0353. The van der Waals surface area contributed by atoms with E-state index in [1.54, 1.807) is 7.11 Å². The summed E-state index contributed by atoms with van der Waals surface area (Å²) >= 11 is 0. The molecule has 1 amide bonds. The lowest BCUT2D eigenvalue weighted by Gasteiger charge is -2.39. The number of piperidine rings is 1. The van der Waals surface area contributed by atoms with E-state index in [2.05, 4.69) is 15.1 Å². The van der Waals surface area contributed by atoms with Gasteiger partial charge in [0.25, 0.3) is 0 Å². The van der Waals surface area contributed by atoms with Crippen LogP contribution in [0.1, 0.15) is 12.8 Å². The third-order valence-corrected chi connectivity index (χ3v) is 4.84. The summed E-state index contributed by atoms with van der Waals surface area (Å²) in [5, 5.41) is 2.95. The van der Waals surface area contributed by atoms with Gasteiger partial charge < -0.3 is 14.8 Å². The van der Waals surface area contributed by atoms with E-state index in [1.165, 1.54) is 0 Å². The molecule has 2 aliphatic rings. The van der Waals surface area contributed by atoms with Gasteiger partial charge in [0.15, 0.2) is 0 Å². The van der Waals surface area contributed by atoms with Gasteiger partial charge in [0.05, 0.1) is 26.9 Å². The molecule has 6 heteroatoms. The van der Waals surface area contributed by atoms with Crippen molar-refractivity contribution in [3.63, 3.8) is 0 Å². The Balaban J connectivity index is 1.42. The predicted octanol–water partition coefficient (Wildman–Crippen LogP) is 1.43. The largest absolute Gasteiger partial charge is 0.497 e. The Kier molecular flexibility index (Phi) is 6.07. The molecule has 2 saturated heterocycles. The molecule has 24 heavy (non-hydrogen) atoms. The van der Waals surface area contributed by atoms with Gasteiger partial charge in [-0.05, 0) is 25.0 Å². The summed E-state index contributed by atoms with van der Waals surface area (Å²) in [6.07, 6.45) is 2.26. The SMILES string of the molecule is COc1cccc(NC(=O)CN2CCC(N3CCOCC3)CC2)c1. The number of likely N-dealkylation sites (tertiary alicyclic amines) is 1. The molecule has 0 aliphatic carbocycles. The average molecular weight is 333 g/mol. The van der Waals surface area contributed by atoms with Crippen molar-refractivity contribution in [2.24, 2.45) is 0 Å². The highest BCUT2D eigenvalue weighted by Crippen LogP contribution is 2.19. The van der Waals surface area contributed by atoms with Crippen molar-refractivity contribution < 1.29 is 14.3 Å². The quantitative estimate of drug-likeness (QED) is 0.883. The van der Waals surface area contributed by atoms with Crippen molar-refractivity contribution in [3.8, 4) is 5.75 Å². The first kappa shape index (κ1) is 17.2. The highest BCUT2D eigenvalue weighted by molar-refractivity contribution is 5.92. The third kappa shape index (κ3) is 4.69. The highest BCUT2D eigenvalue weighted by atomic mass is 16.5. The Morgan fingerprint density at radius 2 is 2.00 bits per heavy atom. The van der Waals surface area contributed by atoms with Crippen LogP contribution in [0.4, 0.5) is 5.69 Å². The van der Waals surface area contributed by atoms with E-state index in [4.69, 9.17) is 9.47 Å². The van der Waals surface area contributed by atoms with Crippen molar-refractivity contribution in [1.82, 2.24) is 9.80 Å². The molecular weight excluding hydrogens is 306 g/mol. The monoisotopic (exact) mass is 333 g/mol. The number of carbonyl (C=O) groups is 1. The van der Waals surface area contributed by atoms with Gasteiger partial charge in [-0.1, -0.05) is 6.07 Å². The summed E-state index contributed by atoms with van der Waals surface area (Å²) in [6.45, 7) is 6.20. The predicted molar refractivity (Wildman–Crippen MR) is 93.5 cm³/mol. The molecule has 3 rings (SSSR count). The molecule has 0 saturated carbocycles. The Bertz CT molecular complexity index is 538. The molecule has 1 aromatic carbocycles. The van der Waals surface area contributed by atoms with E-state index in [1.807, 2.05) is 24.3 Å². The standard InChI is InChI=1S/C18H27N3O3/c1-23-17-4-2-3-15(13-17)19-18(22)14-20-7-5-16(6-8-20)21-9-11-24-12-10-21/h2-4,13,16H,5-12,14H2,1H3,(H,19,22). The van der Waals surface area contributed by atoms with Crippen molar-refractivity contribution in [3.05, 3.63) is 24.3 Å². The van der Waals surface area contributed by atoms with Gasteiger partial charge in [-0.25, -0.2) is 0 Å². The Hall–Kier alpha value is -1.63. The minimum atomic E-state index is 0.0353. The molecule has 0 unspecified atom stereocenters. The molecule has 2 aliphatic heterocycles. The number of morpholine rings is 1. The summed E-state index contributed by atoms with van der Waals surface area (Å²) in [4.78, 5) is 17.0. The number of nitrogens with zero attached hydrogens (tertiary/aromatic N) is 2. The van der Waals surface area contributed by atoms with E-state index in [0.717, 1.165) is 63.7 Å². The number of hydrogen-bond donors (Lipinski definition) is 1. The second-order valence-electron chi connectivity index (χ2n) is 6.44. The van der Waals surface area contributed by atoms with Gasteiger partial charge in [0, 0.05) is 44.0 Å². The van der Waals surface area contributed by atoms with Gasteiger partial charge in [-0.3, -0.25) is 14.6 Å². The molecule has 1 N–H and O–H groups in total. The van der Waals surface area contributed by atoms with Crippen LogP contribution in [0.25, 0.3) is 0 Å². The van der Waals surface area contributed by atoms with Crippen LogP contribution in [0.3, 0.4) is 0 Å². The minimum Gasteiger partial charge on any atom is -0.497 e. The second-order valence-corrected chi connectivity index (χ2v) is 6.44. The van der Waals surface area contributed by atoms with Crippen molar-refractivity contribution in [2.75, 3.05) is 58.4 Å². The molecule has 0 spiro atoms. The Morgan fingerprint density at radius 1 is 1.25 bits per heavy atom. The van der Waals surface area contributed by atoms with Crippen molar-refractivity contribution >= 4 is 11.6 Å². The maximum Gasteiger partial charge on any atom is 0.238 e. The van der Waals surface area contributed by atoms with Crippen LogP contribution in [0.15, 0.2) is 24.3 Å². The highest BCUT2D eigenvalue weighted by Gasteiger charge is 2.26. The van der Waals surface area contributed by atoms with Crippen LogP contribution in [-0.4, -0.2) is 74.8 Å². The second kappa shape index (κ2) is 8.46. The lowest BCUT2D eigenvalue weighted by molar-refractivity contribution is -0.117. The summed E-state index contributed by atoms with van der Waals surface area (Å²) in [6, 6.07) is 8.11.